The molecule has 116 valence electrons. The van der Waals surface area contributed by atoms with Gasteiger partial charge in [0.25, 0.3) is 0 Å². The molecular formula is C17H24FNO2. The van der Waals surface area contributed by atoms with E-state index in [2.05, 4.69) is 4.90 Å². The molecule has 2 aliphatic rings. The molecule has 2 aliphatic heterocycles. The minimum atomic E-state index is -0.113. The molecule has 3 rings (SSSR count). The highest BCUT2D eigenvalue weighted by Gasteiger charge is 2.24. The molecule has 2 heterocycles. The van der Waals surface area contributed by atoms with Gasteiger partial charge in [-0.25, -0.2) is 4.39 Å². The van der Waals surface area contributed by atoms with Gasteiger partial charge < -0.3 is 9.47 Å². The van der Waals surface area contributed by atoms with Gasteiger partial charge in [-0.15, -0.1) is 0 Å². The first-order chi connectivity index (χ1) is 10.3. The van der Waals surface area contributed by atoms with E-state index >= 15 is 0 Å². The van der Waals surface area contributed by atoms with E-state index in [1.165, 1.54) is 6.07 Å². The lowest BCUT2D eigenvalue weighted by molar-refractivity contribution is 0.0627. The Morgan fingerprint density at radius 3 is 2.76 bits per heavy atom. The Morgan fingerprint density at radius 1 is 1.14 bits per heavy atom. The highest BCUT2D eigenvalue weighted by molar-refractivity contribution is 5.17. The maximum absolute atomic E-state index is 13.9. The number of halogens is 1. The Hall–Kier alpha value is -0.970. The highest BCUT2D eigenvalue weighted by atomic mass is 19.1. The highest BCUT2D eigenvalue weighted by Crippen LogP contribution is 2.20. The fourth-order valence-electron chi connectivity index (χ4n) is 3.24. The van der Waals surface area contributed by atoms with Gasteiger partial charge in [-0.3, -0.25) is 4.90 Å². The van der Waals surface area contributed by atoms with Gasteiger partial charge in [0.05, 0.1) is 12.7 Å². The van der Waals surface area contributed by atoms with Crippen LogP contribution >= 0.6 is 0 Å². The van der Waals surface area contributed by atoms with Crippen molar-refractivity contribution in [2.24, 2.45) is 5.92 Å². The number of rotatable bonds is 6. The van der Waals surface area contributed by atoms with Gasteiger partial charge in [0.2, 0.25) is 0 Å². The van der Waals surface area contributed by atoms with Crippen LogP contribution in [0.5, 0.6) is 0 Å². The van der Waals surface area contributed by atoms with Gasteiger partial charge in [0, 0.05) is 38.4 Å². The van der Waals surface area contributed by atoms with E-state index in [4.69, 9.17) is 9.47 Å². The standard InChI is InChI=1S/C17H24FNO2/c18-17-6-2-1-4-15(17)11-19(10-14-7-9-20-13-14)12-16-5-3-8-21-16/h1-2,4,6,14,16H,3,5,7-13H2. The molecule has 0 saturated carbocycles. The number of nitrogens with zero attached hydrogens (tertiary/aromatic N) is 1. The van der Waals surface area contributed by atoms with Crippen LogP contribution in [0.25, 0.3) is 0 Å². The van der Waals surface area contributed by atoms with Crippen LogP contribution in [0.15, 0.2) is 24.3 Å². The molecule has 0 N–H and O–H groups in total. The van der Waals surface area contributed by atoms with Crippen LogP contribution in [-0.2, 0) is 16.0 Å². The Labute approximate surface area is 126 Å². The van der Waals surface area contributed by atoms with Crippen molar-refractivity contribution >= 4 is 0 Å². The molecular weight excluding hydrogens is 269 g/mol. The van der Waals surface area contributed by atoms with E-state index in [-0.39, 0.29) is 5.82 Å². The molecule has 2 atom stereocenters. The second-order valence-corrected chi connectivity index (χ2v) is 6.15. The first-order valence-electron chi connectivity index (χ1n) is 7.96. The maximum Gasteiger partial charge on any atom is 0.127 e. The minimum absolute atomic E-state index is 0.113. The second-order valence-electron chi connectivity index (χ2n) is 6.15. The summed E-state index contributed by atoms with van der Waals surface area (Å²) < 4.78 is 25.1. The average Bonchev–Trinajstić information content (AvgIpc) is 3.15. The first kappa shape index (κ1) is 14.9. The molecule has 0 radical (unpaired) electrons. The third-order valence-electron chi connectivity index (χ3n) is 4.38. The second kappa shape index (κ2) is 7.34. The topological polar surface area (TPSA) is 21.7 Å². The zero-order valence-electron chi connectivity index (χ0n) is 12.5. The summed E-state index contributed by atoms with van der Waals surface area (Å²) in [6, 6.07) is 7.07. The van der Waals surface area contributed by atoms with Crippen molar-refractivity contribution in [2.45, 2.75) is 31.9 Å². The van der Waals surface area contributed by atoms with Gasteiger partial charge in [-0.05, 0) is 31.2 Å². The molecule has 4 heteroatoms. The predicted molar refractivity (Wildman–Crippen MR) is 79.6 cm³/mol. The Kier molecular flexibility index (Phi) is 5.22. The molecule has 0 aromatic heterocycles. The lowest BCUT2D eigenvalue weighted by Crippen LogP contribution is -2.36. The molecule has 21 heavy (non-hydrogen) atoms. The normalized spacial score (nSPS) is 25.8. The zero-order chi connectivity index (χ0) is 14.5. The third kappa shape index (κ3) is 4.25. The van der Waals surface area contributed by atoms with Crippen LogP contribution in [0, 0.1) is 11.7 Å². The zero-order valence-corrected chi connectivity index (χ0v) is 12.5. The van der Waals surface area contributed by atoms with Crippen LogP contribution in [0.2, 0.25) is 0 Å². The smallest absolute Gasteiger partial charge is 0.127 e. The first-order valence-corrected chi connectivity index (χ1v) is 7.96. The summed E-state index contributed by atoms with van der Waals surface area (Å²) in [6.07, 6.45) is 3.68. The molecule has 2 fully saturated rings. The quantitative estimate of drug-likeness (QED) is 0.805. The summed E-state index contributed by atoms with van der Waals surface area (Å²) in [5.41, 5.74) is 0.773. The van der Waals surface area contributed by atoms with Crippen LogP contribution in [0.4, 0.5) is 4.39 Å². The maximum atomic E-state index is 13.9. The van der Waals surface area contributed by atoms with Gasteiger partial charge >= 0.3 is 0 Å². The summed E-state index contributed by atoms with van der Waals surface area (Å²) in [7, 11) is 0. The van der Waals surface area contributed by atoms with E-state index in [1.807, 2.05) is 12.1 Å². The van der Waals surface area contributed by atoms with Crippen molar-refractivity contribution in [3.63, 3.8) is 0 Å². The van der Waals surface area contributed by atoms with Crippen molar-refractivity contribution in [1.29, 1.82) is 0 Å². The minimum Gasteiger partial charge on any atom is -0.381 e. The molecule has 0 bridgehead atoms. The Balaban J connectivity index is 1.63. The molecule has 2 saturated heterocycles. The van der Waals surface area contributed by atoms with E-state index in [9.17, 15) is 4.39 Å². The van der Waals surface area contributed by atoms with Gasteiger partial charge in [0.1, 0.15) is 5.82 Å². The van der Waals surface area contributed by atoms with Crippen molar-refractivity contribution < 1.29 is 13.9 Å². The van der Waals surface area contributed by atoms with Crippen molar-refractivity contribution in [2.75, 3.05) is 32.9 Å². The number of ether oxygens (including phenoxy) is 2. The summed E-state index contributed by atoms with van der Waals surface area (Å²) in [5.74, 6) is 0.454. The van der Waals surface area contributed by atoms with Gasteiger partial charge in [0.15, 0.2) is 0 Å². The van der Waals surface area contributed by atoms with E-state index < -0.39 is 0 Å². The molecule has 3 nitrogen and oxygen atoms in total. The summed E-state index contributed by atoms with van der Waals surface area (Å²) in [5, 5.41) is 0. The van der Waals surface area contributed by atoms with Crippen molar-refractivity contribution in [3.05, 3.63) is 35.6 Å². The van der Waals surface area contributed by atoms with Crippen molar-refractivity contribution in [3.8, 4) is 0 Å². The molecule has 0 aliphatic carbocycles. The lowest BCUT2D eigenvalue weighted by atomic mass is 10.1. The molecule has 1 aromatic carbocycles. The van der Waals surface area contributed by atoms with Crippen LogP contribution < -0.4 is 0 Å². The largest absolute Gasteiger partial charge is 0.381 e. The van der Waals surface area contributed by atoms with E-state index in [1.54, 1.807) is 6.07 Å². The molecule has 1 aromatic rings. The fourth-order valence-corrected chi connectivity index (χ4v) is 3.24. The summed E-state index contributed by atoms with van der Waals surface area (Å²) in [6.45, 7) is 5.07. The Bertz CT molecular complexity index is 424. The monoisotopic (exact) mass is 293 g/mol. The predicted octanol–water partition coefficient (Wildman–Crippen LogP) is 2.84. The van der Waals surface area contributed by atoms with Gasteiger partial charge in [-0.2, -0.15) is 0 Å². The Morgan fingerprint density at radius 2 is 2.05 bits per heavy atom. The number of hydrogen-bond donors (Lipinski definition) is 0. The summed E-state index contributed by atoms with van der Waals surface area (Å²) in [4.78, 5) is 2.34. The lowest BCUT2D eigenvalue weighted by Gasteiger charge is -2.27. The SMILES string of the molecule is Fc1ccccc1CN(CC1CCOC1)CC1CCCO1. The summed E-state index contributed by atoms with van der Waals surface area (Å²) >= 11 is 0. The van der Waals surface area contributed by atoms with E-state index in [0.717, 1.165) is 57.7 Å². The number of benzene rings is 1. The molecule has 0 amide bonds. The average molecular weight is 293 g/mol. The third-order valence-corrected chi connectivity index (χ3v) is 4.38. The van der Waals surface area contributed by atoms with Crippen LogP contribution in [0.3, 0.4) is 0 Å². The van der Waals surface area contributed by atoms with E-state index in [0.29, 0.717) is 18.6 Å². The van der Waals surface area contributed by atoms with Gasteiger partial charge in [-0.1, -0.05) is 18.2 Å². The van der Waals surface area contributed by atoms with Crippen LogP contribution in [-0.4, -0.2) is 43.9 Å². The molecule has 2 unspecified atom stereocenters. The number of hydrogen-bond acceptors (Lipinski definition) is 3. The molecule has 0 spiro atoms. The fraction of sp³-hybridized carbons (Fsp3) is 0.647. The van der Waals surface area contributed by atoms with Crippen molar-refractivity contribution in [1.82, 2.24) is 4.90 Å². The van der Waals surface area contributed by atoms with Crippen LogP contribution in [0.1, 0.15) is 24.8 Å².